The summed E-state index contributed by atoms with van der Waals surface area (Å²) in [6, 6.07) is 21.3. The Labute approximate surface area is 427 Å². The van der Waals surface area contributed by atoms with E-state index in [0.717, 1.165) is 13.0 Å². The molecular weight excluding hydrogens is 909 g/mol. The van der Waals surface area contributed by atoms with Crippen LogP contribution in [0.25, 0.3) is 0 Å². The normalized spacial score (nSPS) is 12.1. The fraction of sp³-hybridized carbons (Fsp3) is 0.786. The SMILES string of the molecule is CCCCCCCCCCCCCCCCOCCOCCOCCOCCOCCOCCOCCOCCOCCOCCOCCOCCO[Si](c1ccccc1)(c1ccccc1)C(C)(C)C. The van der Waals surface area contributed by atoms with Gasteiger partial charge in [-0.3, -0.25) is 0 Å². The van der Waals surface area contributed by atoms with Crippen molar-refractivity contribution in [2.45, 2.75) is 123 Å². The Morgan fingerprint density at radius 1 is 0.271 bits per heavy atom. The Bertz CT molecular complexity index is 1300. The van der Waals surface area contributed by atoms with Gasteiger partial charge in [-0.25, -0.2) is 0 Å². The Morgan fingerprint density at radius 3 is 0.729 bits per heavy atom. The number of rotatable bonds is 54. The summed E-state index contributed by atoms with van der Waals surface area (Å²) in [7, 11) is -2.55. The lowest BCUT2D eigenvalue weighted by Gasteiger charge is -2.43. The van der Waals surface area contributed by atoms with Gasteiger partial charge >= 0.3 is 0 Å². The van der Waals surface area contributed by atoms with Gasteiger partial charge in [0.2, 0.25) is 0 Å². The van der Waals surface area contributed by atoms with Crippen LogP contribution in [0, 0.1) is 0 Å². The topological polar surface area (TPSA) is 120 Å². The Kier molecular flexibility index (Phi) is 44.1. The molecule has 2 rings (SSSR count). The number of unbranched alkanes of at least 4 members (excludes halogenated alkanes) is 13. The first-order valence-corrected chi connectivity index (χ1v) is 29.1. The summed E-state index contributed by atoms with van der Waals surface area (Å²) in [6.45, 7) is 22.6. The van der Waals surface area contributed by atoms with Crippen molar-refractivity contribution < 1.29 is 61.3 Å². The van der Waals surface area contributed by atoms with Crippen molar-refractivity contribution in [2.75, 3.05) is 165 Å². The van der Waals surface area contributed by atoms with E-state index >= 15 is 0 Å². The van der Waals surface area contributed by atoms with Crippen LogP contribution < -0.4 is 10.4 Å². The molecule has 0 radical (unpaired) electrons. The molecule has 406 valence electrons. The molecule has 0 heterocycles. The molecular formula is C56H100O13Si. The average molecular weight is 1010 g/mol. The summed E-state index contributed by atoms with van der Waals surface area (Å²) >= 11 is 0. The van der Waals surface area contributed by atoms with Gasteiger partial charge in [-0.1, -0.05) is 172 Å². The van der Waals surface area contributed by atoms with E-state index in [-0.39, 0.29) is 5.04 Å². The van der Waals surface area contributed by atoms with Crippen LogP contribution in [0.3, 0.4) is 0 Å². The number of ether oxygens (including phenoxy) is 12. The van der Waals surface area contributed by atoms with E-state index in [4.69, 9.17) is 61.3 Å². The molecule has 2 aromatic rings. The van der Waals surface area contributed by atoms with Gasteiger partial charge in [0.1, 0.15) is 0 Å². The van der Waals surface area contributed by atoms with Crippen molar-refractivity contribution in [3.8, 4) is 0 Å². The molecule has 0 fully saturated rings. The van der Waals surface area contributed by atoms with E-state index in [1.165, 1.54) is 93.8 Å². The maximum absolute atomic E-state index is 6.86. The lowest BCUT2D eigenvalue weighted by atomic mass is 10.0. The molecule has 0 saturated carbocycles. The third-order valence-electron chi connectivity index (χ3n) is 11.7. The van der Waals surface area contributed by atoms with Crippen molar-refractivity contribution in [1.82, 2.24) is 0 Å². The number of benzene rings is 2. The van der Waals surface area contributed by atoms with E-state index < -0.39 is 8.32 Å². The van der Waals surface area contributed by atoms with E-state index in [1.807, 2.05) is 0 Å². The van der Waals surface area contributed by atoms with Crippen LogP contribution in [0.4, 0.5) is 0 Å². The summed E-state index contributed by atoms with van der Waals surface area (Å²) < 4.78 is 74.2. The number of hydrogen-bond acceptors (Lipinski definition) is 13. The lowest BCUT2D eigenvalue weighted by Crippen LogP contribution is -2.66. The third-order valence-corrected chi connectivity index (χ3v) is 16.7. The largest absolute Gasteiger partial charge is 0.405 e. The van der Waals surface area contributed by atoms with Crippen LogP contribution in [0.2, 0.25) is 5.04 Å². The van der Waals surface area contributed by atoms with Crippen LogP contribution >= 0.6 is 0 Å². The minimum atomic E-state index is -2.55. The summed E-state index contributed by atoms with van der Waals surface area (Å²) in [6.07, 6.45) is 19.2. The maximum atomic E-state index is 6.86. The van der Waals surface area contributed by atoms with Gasteiger partial charge < -0.3 is 61.3 Å². The average Bonchev–Trinajstić information content (AvgIpc) is 3.37. The van der Waals surface area contributed by atoms with Crippen molar-refractivity contribution in [1.29, 1.82) is 0 Å². The molecule has 14 heteroatoms. The summed E-state index contributed by atoms with van der Waals surface area (Å²) in [5.74, 6) is 0. The van der Waals surface area contributed by atoms with Gasteiger partial charge in [0.05, 0.1) is 159 Å². The Morgan fingerprint density at radius 2 is 0.486 bits per heavy atom. The molecule has 0 aromatic heterocycles. The molecule has 0 aliphatic carbocycles. The van der Waals surface area contributed by atoms with E-state index in [2.05, 4.69) is 88.4 Å². The highest BCUT2D eigenvalue weighted by atomic mass is 28.4. The predicted molar refractivity (Wildman–Crippen MR) is 284 cm³/mol. The molecule has 0 atom stereocenters. The van der Waals surface area contributed by atoms with E-state index in [0.29, 0.717) is 159 Å². The summed E-state index contributed by atoms with van der Waals surface area (Å²) in [4.78, 5) is 0. The molecule has 0 saturated heterocycles. The van der Waals surface area contributed by atoms with Gasteiger partial charge in [0, 0.05) is 6.61 Å². The number of hydrogen-bond donors (Lipinski definition) is 0. The first-order chi connectivity index (χ1) is 34.5. The van der Waals surface area contributed by atoms with Gasteiger partial charge in [-0.15, -0.1) is 0 Å². The van der Waals surface area contributed by atoms with Crippen LogP contribution in [0.15, 0.2) is 60.7 Å². The van der Waals surface area contributed by atoms with E-state index in [9.17, 15) is 0 Å². The molecule has 0 amide bonds. The van der Waals surface area contributed by atoms with Crippen molar-refractivity contribution >= 4 is 18.7 Å². The standard InChI is InChI=1S/C56H100O13Si/c1-5-6-7-8-9-10-11-12-13-14-15-16-17-24-29-57-30-31-58-32-33-59-34-35-60-36-37-61-38-39-62-40-41-63-42-43-64-44-45-65-46-47-66-48-49-67-50-51-68-52-53-69-70(56(2,3)4,54-25-20-18-21-26-54)55-27-22-19-23-28-55/h18-23,25-28H,5-17,24,29-53H2,1-4H3. The van der Waals surface area contributed by atoms with Crippen LogP contribution in [0.5, 0.6) is 0 Å². The van der Waals surface area contributed by atoms with Crippen molar-refractivity contribution in [2.24, 2.45) is 0 Å². The predicted octanol–water partition coefficient (Wildman–Crippen LogP) is 9.24. The summed E-state index contributed by atoms with van der Waals surface area (Å²) in [5, 5.41) is 2.48. The third kappa shape index (κ3) is 35.3. The first kappa shape index (κ1) is 64.3. The molecule has 0 bridgehead atoms. The second kappa shape index (κ2) is 48.1. The Hall–Kier alpha value is -1.86. The molecule has 0 aliphatic heterocycles. The minimum Gasteiger partial charge on any atom is -0.405 e. The van der Waals surface area contributed by atoms with Gasteiger partial charge in [-0.05, 0) is 21.8 Å². The van der Waals surface area contributed by atoms with Gasteiger partial charge in [0.15, 0.2) is 0 Å². The molecule has 0 spiro atoms. The molecule has 0 aliphatic rings. The van der Waals surface area contributed by atoms with Crippen LogP contribution in [0.1, 0.15) is 118 Å². The lowest BCUT2D eigenvalue weighted by molar-refractivity contribution is -0.0285. The summed E-state index contributed by atoms with van der Waals surface area (Å²) in [5.41, 5.74) is 0. The second-order valence-electron chi connectivity index (χ2n) is 18.5. The maximum Gasteiger partial charge on any atom is 0.261 e. The highest BCUT2D eigenvalue weighted by Crippen LogP contribution is 2.36. The molecule has 0 N–H and O–H groups in total. The fourth-order valence-corrected chi connectivity index (χ4v) is 12.5. The smallest absolute Gasteiger partial charge is 0.261 e. The van der Waals surface area contributed by atoms with Gasteiger partial charge in [0.25, 0.3) is 8.32 Å². The molecule has 0 unspecified atom stereocenters. The fourth-order valence-electron chi connectivity index (χ4n) is 7.94. The highest BCUT2D eigenvalue weighted by molar-refractivity contribution is 6.99. The van der Waals surface area contributed by atoms with Crippen molar-refractivity contribution in [3.05, 3.63) is 60.7 Å². The Balaban J connectivity index is 1.20. The second-order valence-corrected chi connectivity index (χ2v) is 22.8. The highest BCUT2D eigenvalue weighted by Gasteiger charge is 2.50. The van der Waals surface area contributed by atoms with Crippen molar-refractivity contribution in [3.63, 3.8) is 0 Å². The zero-order valence-corrected chi connectivity index (χ0v) is 45.7. The van der Waals surface area contributed by atoms with E-state index in [1.54, 1.807) is 0 Å². The van der Waals surface area contributed by atoms with Crippen LogP contribution in [-0.2, 0) is 61.3 Å². The molecule has 2 aromatic carbocycles. The minimum absolute atomic E-state index is 0.0589. The zero-order valence-electron chi connectivity index (χ0n) is 44.7. The quantitative estimate of drug-likeness (QED) is 0.0463. The molecule has 13 nitrogen and oxygen atoms in total. The first-order valence-electron chi connectivity index (χ1n) is 27.2. The van der Waals surface area contributed by atoms with Gasteiger partial charge in [-0.2, -0.15) is 0 Å². The zero-order chi connectivity index (χ0) is 50.0. The van der Waals surface area contributed by atoms with Crippen LogP contribution in [-0.4, -0.2) is 173 Å². The monoisotopic (exact) mass is 1010 g/mol. The molecule has 70 heavy (non-hydrogen) atoms.